The van der Waals surface area contributed by atoms with E-state index in [-0.39, 0.29) is 12.5 Å². The molecule has 2 heterocycles. The first kappa shape index (κ1) is 14.7. The van der Waals surface area contributed by atoms with Crippen molar-refractivity contribution in [2.45, 2.75) is 46.1 Å². The first-order chi connectivity index (χ1) is 9.52. The molecule has 0 aliphatic heterocycles. The molecule has 0 amide bonds. The number of anilines is 1. The summed E-state index contributed by atoms with van der Waals surface area (Å²) >= 11 is 1.64. The molecule has 1 unspecified atom stereocenters. The first-order valence-electron chi connectivity index (χ1n) is 6.72. The summed E-state index contributed by atoms with van der Waals surface area (Å²) in [5.74, 6) is -0.0454. The Balaban J connectivity index is 2.34. The maximum atomic E-state index is 10.9. The fourth-order valence-corrected chi connectivity index (χ4v) is 3.27. The summed E-state index contributed by atoms with van der Waals surface area (Å²) in [4.78, 5) is 21.7. The lowest BCUT2D eigenvalue weighted by molar-refractivity contribution is -0.137. The Labute approximate surface area is 122 Å². The summed E-state index contributed by atoms with van der Waals surface area (Å²) in [6.45, 7) is 6.16. The van der Waals surface area contributed by atoms with E-state index in [9.17, 15) is 4.79 Å². The molecule has 108 valence electrons. The van der Waals surface area contributed by atoms with Gasteiger partial charge in [-0.25, -0.2) is 9.97 Å². The van der Waals surface area contributed by atoms with Gasteiger partial charge < -0.3 is 10.4 Å². The van der Waals surface area contributed by atoms with Gasteiger partial charge in [-0.1, -0.05) is 13.3 Å². The Kier molecular flexibility index (Phi) is 4.54. The molecule has 0 saturated carbocycles. The summed E-state index contributed by atoms with van der Waals surface area (Å²) < 4.78 is 0. The van der Waals surface area contributed by atoms with Crippen LogP contribution in [0.25, 0.3) is 10.2 Å². The standard InChI is InChI=1S/C14H19N3O2S/c1-4-5-10(6-11(18)19)17-13-12-8(2)9(3)20-14(12)16-7-15-13/h7,10H,4-6H2,1-3H3,(H,18,19)(H,15,16,17). The maximum Gasteiger partial charge on any atom is 0.305 e. The zero-order valence-corrected chi connectivity index (χ0v) is 12.8. The van der Waals surface area contributed by atoms with Crippen molar-refractivity contribution >= 4 is 33.3 Å². The van der Waals surface area contributed by atoms with Crippen LogP contribution in [0.3, 0.4) is 0 Å². The lowest BCUT2D eigenvalue weighted by Gasteiger charge is -2.17. The van der Waals surface area contributed by atoms with Crippen LogP contribution < -0.4 is 5.32 Å². The highest BCUT2D eigenvalue weighted by Gasteiger charge is 2.17. The van der Waals surface area contributed by atoms with Crippen LogP contribution in [0.5, 0.6) is 0 Å². The third kappa shape index (κ3) is 3.07. The summed E-state index contributed by atoms with van der Waals surface area (Å²) in [6, 6.07) is -0.102. The number of carbonyl (C=O) groups is 1. The second-order valence-corrected chi connectivity index (χ2v) is 6.12. The van der Waals surface area contributed by atoms with E-state index in [0.717, 1.165) is 28.9 Å². The molecule has 0 aliphatic rings. The number of aromatic nitrogens is 2. The van der Waals surface area contributed by atoms with Gasteiger partial charge in [0.25, 0.3) is 0 Å². The van der Waals surface area contributed by atoms with Gasteiger partial charge in [-0.05, 0) is 25.8 Å². The molecule has 0 bridgehead atoms. The van der Waals surface area contributed by atoms with Gasteiger partial charge in [0.05, 0.1) is 11.8 Å². The Hall–Kier alpha value is -1.69. The van der Waals surface area contributed by atoms with Crippen LogP contribution in [-0.4, -0.2) is 27.1 Å². The first-order valence-corrected chi connectivity index (χ1v) is 7.53. The molecule has 0 aliphatic carbocycles. The quantitative estimate of drug-likeness (QED) is 0.854. The minimum atomic E-state index is -0.792. The summed E-state index contributed by atoms with van der Waals surface area (Å²) in [6.07, 6.45) is 3.37. The smallest absolute Gasteiger partial charge is 0.305 e. The van der Waals surface area contributed by atoms with Crippen molar-refractivity contribution in [1.82, 2.24) is 9.97 Å². The van der Waals surface area contributed by atoms with Crippen molar-refractivity contribution in [3.63, 3.8) is 0 Å². The zero-order valence-electron chi connectivity index (χ0n) is 11.9. The van der Waals surface area contributed by atoms with E-state index in [0.29, 0.717) is 0 Å². The molecule has 0 fully saturated rings. The van der Waals surface area contributed by atoms with Crippen molar-refractivity contribution < 1.29 is 9.90 Å². The molecule has 2 rings (SSSR count). The molecule has 0 aromatic carbocycles. The molecule has 2 aromatic heterocycles. The van der Waals surface area contributed by atoms with Gasteiger partial charge in [-0.15, -0.1) is 11.3 Å². The number of carboxylic acids is 1. The van der Waals surface area contributed by atoms with Crippen LogP contribution in [-0.2, 0) is 4.79 Å². The van der Waals surface area contributed by atoms with E-state index < -0.39 is 5.97 Å². The number of carboxylic acid groups (broad SMARTS) is 1. The topological polar surface area (TPSA) is 75.1 Å². The SMILES string of the molecule is CCCC(CC(=O)O)Nc1ncnc2sc(C)c(C)c12. The van der Waals surface area contributed by atoms with E-state index in [1.807, 2.05) is 6.92 Å². The molecule has 6 heteroatoms. The molecule has 20 heavy (non-hydrogen) atoms. The van der Waals surface area contributed by atoms with E-state index in [1.165, 1.54) is 16.8 Å². The molecular formula is C14H19N3O2S. The van der Waals surface area contributed by atoms with Gasteiger partial charge in [-0.3, -0.25) is 4.79 Å². The highest BCUT2D eigenvalue weighted by Crippen LogP contribution is 2.33. The highest BCUT2D eigenvalue weighted by molar-refractivity contribution is 7.18. The number of aryl methyl sites for hydroxylation is 2. The third-order valence-corrected chi connectivity index (χ3v) is 4.48. The van der Waals surface area contributed by atoms with Crippen LogP contribution in [0.2, 0.25) is 0 Å². The zero-order chi connectivity index (χ0) is 14.7. The predicted molar refractivity (Wildman–Crippen MR) is 81.5 cm³/mol. The summed E-state index contributed by atoms with van der Waals surface area (Å²) in [7, 11) is 0. The van der Waals surface area contributed by atoms with Gasteiger partial charge in [-0.2, -0.15) is 0 Å². The van der Waals surface area contributed by atoms with Crippen LogP contribution in [0.4, 0.5) is 5.82 Å². The Morgan fingerprint density at radius 1 is 1.45 bits per heavy atom. The highest BCUT2D eigenvalue weighted by atomic mass is 32.1. The maximum absolute atomic E-state index is 10.9. The fraction of sp³-hybridized carbons (Fsp3) is 0.500. The van der Waals surface area contributed by atoms with Crippen LogP contribution in [0, 0.1) is 13.8 Å². The minimum absolute atomic E-state index is 0.0987. The van der Waals surface area contributed by atoms with Crippen molar-refractivity contribution in [1.29, 1.82) is 0 Å². The number of rotatable bonds is 6. The number of thiophene rings is 1. The normalized spacial score (nSPS) is 12.6. The van der Waals surface area contributed by atoms with E-state index in [4.69, 9.17) is 5.11 Å². The average Bonchev–Trinajstić information content (AvgIpc) is 2.66. The predicted octanol–water partition coefficient (Wildman–Crippen LogP) is 3.36. The number of fused-ring (bicyclic) bond motifs is 1. The molecule has 1 atom stereocenters. The largest absolute Gasteiger partial charge is 0.481 e. The number of nitrogens with zero attached hydrogens (tertiary/aromatic N) is 2. The number of aliphatic carboxylic acids is 1. The van der Waals surface area contributed by atoms with E-state index in [1.54, 1.807) is 11.3 Å². The van der Waals surface area contributed by atoms with Crippen molar-refractivity contribution in [2.24, 2.45) is 0 Å². The molecule has 2 aromatic rings. The third-order valence-electron chi connectivity index (χ3n) is 3.36. The van der Waals surface area contributed by atoms with Gasteiger partial charge >= 0.3 is 5.97 Å². The van der Waals surface area contributed by atoms with Crippen molar-refractivity contribution in [2.75, 3.05) is 5.32 Å². The Morgan fingerprint density at radius 2 is 2.20 bits per heavy atom. The number of nitrogens with one attached hydrogen (secondary N) is 1. The lowest BCUT2D eigenvalue weighted by atomic mass is 10.1. The van der Waals surface area contributed by atoms with Crippen LogP contribution in [0.1, 0.15) is 36.6 Å². The lowest BCUT2D eigenvalue weighted by Crippen LogP contribution is -2.23. The molecule has 0 radical (unpaired) electrons. The molecule has 2 N–H and O–H groups in total. The monoisotopic (exact) mass is 293 g/mol. The van der Waals surface area contributed by atoms with Gasteiger partial charge in [0.2, 0.25) is 0 Å². The molecule has 5 nitrogen and oxygen atoms in total. The molecular weight excluding hydrogens is 274 g/mol. The van der Waals surface area contributed by atoms with Crippen molar-refractivity contribution in [3.8, 4) is 0 Å². The van der Waals surface area contributed by atoms with Crippen LogP contribution >= 0.6 is 11.3 Å². The molecule has 0 spiro atoms. The average molecular weight is 293 g/mol. The fourth-order valence-electron chi connectivity index (χ4n) is 2.27. The minimum Gasteiger partial charge on any atom is -0.481 e. The Morgan fingerprint density at radius 3 is 2.85 bits per heavy atom. The number of hydrogen-bond donors (Lipinski definition) is 2. The summed E-state index contributed by atoms with van der Waals surface area (Å²) in [5, 5.41) is 13.3. The van der Waals surface area contributed by atoms with E-state index >= 15 is 0 Å². The number of hydrogen-bond acceptors (Lipinski definition) is 5. The van der Waals surface area contributed by atoms with Gasteiger partial charge in [0.15, 0.2) is 0 Å². The molecule has 0 saturated heterocycles. The van der Waals surface area contributed by atoms with E-state index in [2.05, 4.69) is 29.1 Å². The van der Waals surface area contributed by atoms with Crippen molar-refractivity contribution in [3.05, 3.63) is 16.8 Å². The van der Waals surface area contributed by atoms with Gasteiger partial charge in [0, 0.05) is 10.9 Å². The Bertz CT molecular complexity index is 624. The summed E-state index contributed by atoms with van der Waals surface area (Å²) in [5.41, 5.74) is 1.17. The van der Waals surface area contributed by atoms with Crippen LogP contribution in [0.15, 0.2) is 6.33 Å². The van der Waals surface area contributed by atoms with Gasteiger partial charge in [0.1, 0.15) is 17.0 Å². The second kappa shape index (κ2) is 6.17. The second-order valence-electron chi connectivity index (χ2n) is 4.91.